The number of halogens is 5. The number of ether oxygens (including phenoxy) is 3. The lowest BCUT2D eigenvalue weighted by atomic mass is 9.92. The Morgan fingerprint density at radius 3 is 1.70 bits per heavy atom. The number of hydrogen-bond acceptors (Lipinski definition) is 4. The Bertz CT molecular complexity index is 672. The first kappa shape index (κ1) is 29.6. The van der Waals surface area contributed by atoms with Gasteiger partial charge in [0.05, 0.1) is 0 Å². The van der Waals surface area contributed by atoms with E-state index in [1.807, 2.05) is 6.92 Å². The van der Waals surface area contributed by atoms with Crippen LogP contribution >= 0.6 is 0 Å². The minimum absolute atomic E-state index is 0.0453. The van der Waals surface area contributed by atoms with Crippen molar-refractivity contribution in [3.8, 4) is 0 Å². The van der Waals surface area contributed by atoms with Crippen LogP contribution in [0.15, 0.2) is 0 Å². The van der Waals surface area contributed by atoms with Gasteiger partial charge < -0.3 is 19.5 Å². The van der Waals surface area contributed by atoms with Gasteiger partial charge in [0.15, 0.2) is 23.3 Å². The molecule has 0 aliphatic heterocycles. The summed E-state index contributed by atoms with van der Waals surface area (Å²) in [5.74, 6) is -11.1. The first-order valence-corrected chi connectivity index (χ1v) is 11.8. The second-order valence-corrected chi connectivity index (χ2v) is 8.07. The molecule has 192 valence electrons. The van der Waals surface area contributed by atoms with Crippen LogP contribution in [0, 0.1) is 35.0 Å². The zero-order valence-corrected chi connectivity index (χ0v) is 20.2. The van der Waals surface area contributed by atoms with Gasteiger partial charge in [0.2, 0.25) is 5.82 Å². The standard InChI is InChI=1S/C24H38F5NO3/c1-5-7-8-9-10-11-14-17(24(31-3,32-4)33-6-2)15-12-13-16-30-23-21(28)19(26)18(25)20(27)22(23)29/h17,30H,5-16H2,1-4H3. The minimum Gasteiger partial charge on any atom is -0.380 e. The van der Waals surface area contributed by atoms with E-state index in [1.165, 1.54) is 33.5 Å². The molecular weight excluding hydrogens is 445 g/mol. The molecule has 9 heteroatoms. The van der Waals surface area contributed by atoms with Crippen LogP contribution in [0.25, 0.3) is 0 Å². The van der Waals surface area contributed by atoms with Crippen molar-refractivity contribution in [1.82, 2.24) is 0 Å². The monoisotopic (exact) mass is 483 g/mol. The molecule has 0 fully saturated rings. The Morgan fingerprint density at radius 2 is 1.18 bits per heavy atom. The Morgan fingerprint density at radius 1 is 0.697 bits per heavy atom. The average molecular weight is 484 g/mol. The smallest absolute Gasteiger partial charge is 0.285 e. The van der Waals surface area contributed by atoms with E-state index in [4.69, 9.17) is 14.2 Å². The molecular formula is C24H38F5NO3. The summed E-state index contributed by atoms with van der Waals surface area (Å²) in [5.41, 5.74) is -1.01. The average Bonchev–Trinajstić information content (AvgIpc) is 2.82. The van der Waals surface area contributed by atoms with Gasteiger partial charge in [-0.3, -0.25) is 0 Å². The van der Waals surface area contributed by atoms with Gasteiger partial charge >= 0.3 is 0 Å². The highest BCUT2D eigenvalue weighted by molar-refractivity contribution is 5.47. The summed E-state index contributed by atoms with van der Waals surface area (Å²) in [6, 6.07) is 0. The van der Waals surface area contributed by atoms with Gasteiger partial charge in [-0.1, -0.05) is 51.9 Å². The molecule has 0 saturated heterocycles. The van der Waals surface area contributed by atoms with Gasteiger partial charge in [-0.2, -0.15) is 0 Å². The molecule has 33 heavy (non-hydrogen) atoms. The van der Waals surface area contributed by atoms with E-state index in [0.29, 0.717) is 25.9 Å². The summed E-state index contributed by atoms with van der Waals surface area (Å²) in [6.07, 6.45) is 9.37. The molecule has 4 nitrogen and oxygen atoms in total. The van der Waals surface area contributed by atoms with Crippen LogP contribution in [-0.2, 0) is 14.2 Å². The van der Waals surface area contributed by atoms with Crippen LogP contribution in [0.2, 0.25) is 0 Å². The Labute approximate surface area is 194 Å². The number of hydrogen-bond donors (Lipinski definition) is 1. The molecule has 1 atom stereocenters. The van der Waals surface area contributed by atoms with Crippen LogP contribution in [-0.4, -0.2) is 33.3 Å². The molecule has 0 amide bonds. The molecule has 1 unspecified atom stereocenters. The number of unbranched alkanes of at least 4 members (excludes halogenated alkanes) is 6. The van der Waals surface area contributed by atoms with Gasteiger partial charge in [0.25, 0.3) is 5.97 Å². The van der Waals surface area contributed by atoms with E-state index in [-0.39, 0.29) is 12.5 Å². The van der Waals surface area contributed by atoms with Gasteiger partial charge in [-0.05, 0) is 26.2 Å². The summed E-state index contributed by atoms with van der Waals surface area (Å²) < 4.78 is 84.4. The predicted molar refractivity (Wildman–Crippen MR) is 118 cm³/mol. The quantitative estimate of drug-likeness (QED) is 0.0781. The second-order valence-electron chi connectivity index (χ2n) is 8.07. The second kappa shape index (κ2) is 15.5. The number of methoxy groups -OCH3 is 2. The van der Waals surface area contributed by atoms with Crippen LogP contribution in [0.1, 0.15) is 78.1 Å². The van der Waals surface area contributed by atoms with E-state index in [2.05, 4.69) is 12.2 Å². The highest BCUT2D eigenvalue weighted by atomic mass is 19.2. The lowest BCUT2D eigenvalue weighted by Crippen LogP contribution is -2.45. The molecule has 0 spiro atoms. The lowest BCUT2D eigenvalue weighted by molar-refractivity contribution is -0.388. The van der Waals surface area contributed by atoms with Gasteiger partial charge in [0.1, 0.15) is 5.69 Å². The third-order valence-electron chi connectivity index (χ3n) is 5.81. The van der Waals surface area contributed by atoms with Crippen molar-refractivity contribution in [2.75, 3.05) is 32.7 Å². The van der Waals surface area contributed by atoms with E-state index in [0.717, 1.165) is 25.7 Å². The topological polar surface area (TPSA) is 39.7 Å². The maximum Gasteiger partial charge on any atom is 0.285 e. The Balaban J connectivity index is 2.68. The minimum atomic E-state index is -2.17. The van der Waals surface area contributed by atoms with E-state index >= 15 is 0 Å². The third-order valence-corrected chi connectivity index (χ3v) is 5.81. The fourth-order valence-electron chi connectivity index (χ4n) is 4.01. The van der Waals surface area contributed by atoms with Gasteiger partial charge in [0, 0.05) is 33.3 Å². The predicted octanol–water partition coefficient (Wildman–Crippen LogP) is 7.31. The number of nitrogens with one attached hydrogen (secondary N) is 1. The van der Waals surface area contributed by atoms with E-state index in [1.54, 1.807) is 0 Å². The molecule has 1 rings (SSSR count). The summed E-state index contributed by atoms with van der Waals surface area (Å²) >= 11 is 0. The maximum absolute atomic E-state index is 13.8. The molecule has 0 heterocycles. The molecule has 0 saturated carbocycles. The van der Waals surface area contributed by atoms with Gasteiger partial charge in [-0.15, -0.1) is 0 Å². The first-order chi connectivity index (χ1) is 15.8. The molecule has 0 radical (unpaired) electrons. The zero-order chi connectivity index (χ0) is 24.9. The Hall–Kier alpha value is -1.45. The van der Waals surface area contributed by atoms with Crippen LogP contribution in [0.5, 0.6) is 0 Å². The molecule has 0 aliphatic rings. The summed E-state index contributed by atoms with van der Waals surface area (Å²) in [4.78, 5) is 0. The lowest BCUT2D eigenvalue weighted by Gasteiger charge is -2.37. The number of anilines is 1. The SMILES string of the molecule is CCCCCCCCC(CCCCNc1c(F)c(F)c(F)c(F)c1F)C(OC)(OC)OCC. The van der Waals surface area contributed by atoms with E-state index in [9.17, 15) is 22.0 Å². The number of rotatable bonds is 18. The van der Waals surface area contributed by atoms with Crippen LogP contribution in [0.3, 0.4) is 0 Å². The molecule has 1 aromatic rings. The van der Waals surface area contributed by atoms with E-state index < -0.39 is 40.7 Å². The van der Waals surface area contributed by atoms with Crippen molar-refractivity contribution < 1.29 is 36.2 Å². The zero-order valence-electron chi connectivity index (χ0n) is 20.2. The third kappa shape index (κ3) is 8.37. The van der Waals surface area contributed by atoms with Crippen molar-refractivity contribution in [2.45, 2.75) is 84.0 Å². The van der Waals surface area contributed by atoms with Gasteiger partial charge in [-0.25, -0.2) is 22.0 Å². The van der Waals surface area contributed by atoms with Crippen molar-refractivity contribution in [1.29, 1.82) is 0 Å². The molecule has 0 aliphatic carbocycles. The van der Waals surface area contributed by atoms with Crippen molar-refractivity contribution >= 4 is 5.69 Å². The molecule has 1 aromatic carbocycles. The molecule has 0 aromatic heterocycles. The molecule has 0 bridgehead atoms. The summed E-state index contributed by atoms with van der Waals surface area (Å²) in [5, 5.41) is 2.34. The largest absolute Gasteiger partial charge is 0.380 e. The van der Waals surface area contributed by atoms with Crippen molar-refractivity contribution in [3.63, 3.8) is 0 Å². The highest BCUT2D eigenvalue weighted by Crippen LogP contribution is 2.33. The molecule has 1 N–H and O–H groups in total. The highest BCUT2D eigenvalue weighted by Gasteiger charge is 2.39. The fourth-order valence-corrected chi connectivity index (χ4v) is 4.01. The van der Waals surface area contributed by atoms with Crippen molar-refractivity contribution in [2.24, 2.45) is 5.92 Å². The first-order valence-electron chi connectivity index (χ1n) is 11.8. The summed E-state index contributed by atoms with van der Waals surface area (Å²) in [7, 11) is 3.05. The van der Waals surface area contributed by atoms with Crippen LogP contribution in [0.4, 0.5) is 27.6 Å². The normalized spacial score (nSPS) is 12.9. The van der Waals surface area contributed by atoms with Crippen LogP contribution < -0.4 is 5.32 Å². The fraction of sp³-hybridized carbons (Fsp3) is 0.750. The maximum atomic E-state index is 13.8. The van der Waals surface area contributed by atoms with Crippen molar-refractivity contribution in [3.05, 3.63) is 29.1 Å². The summed E-state index contributed by atoms with van der Waals surface area (Å²) in [6.45, 7) is 4.47. The Kier molecular flexibility index (Phi) is 13.9. The number of benzene rings is 1.